The van der Waals surface area contributed by atoms with E-state index in [0.29, 0.717) is 23.0 Å². The number of nitrogens with one attached hydrogen (secondary N) is 3. The lowest BCUT2D eigenvalue weighted by molar-refractivity contribution is -0.123. The van der Waals surface area contributed by atoms with Gasteiger partial charge in [0.1, 0.15) is 5.75 Å². The van der Waals surface area contributed by atoms with Gasteiger partial charge in [0.2, 0.25) is 0 Å². The van der Waals surface area contributed by atoms with Gasteiger partial charge in [0.15, 0.2) is 11.7 Å². The Labute approximate surface area is 155 Å². The van der Waals surface area contributed by atoms with Crippen LogP contribution in [0.25, 0.3) is 0 Å². The van der Waals surface area contributed by atoms with Crippen LogP contribution in [0.4, 0.5) is 0 Å². The summed E-state index contributed by atoms with van der Waals surface area (Å²) in [5, 5.41) is 3.76. The largest absolute Gasteiger partial charge is 0.483 e. The van der Waals surface area contributed by atoms with Crippen molar-refractivity contribution in [1.29, 1.82) is 0 Å². The Balaban J connectivity index is 1.72. The highest BCUT2D eigenvalue weighted by Crippen LogP contribution is 2.29. The van der Waals surface area contributed by atoms with Crippen molar-refractivity contribution < 1.29 is 9.53 Å². The third kappa shape index (κ3) is 5.59. The fourth-order valence-electron chi connectivity index (χ4n) is 3.18. The second-order valence-electron chi connectivity index (χ2n) is 7.01. The summed E-state index contributed by atoms with van der Waals surface area (Å²) in [7, 11) is 0. The Kier molecular flexibility index (Phi) is 7.05. The molecule has 1 fully saturated rings. The lowest BCUT2D eigenvalue weighted by Crippen LogP contribution is -2.53. The van der Waals surface area contributed by atoms with Crippen molar-refractivity contribution >= 4 is 23.2 Å². The molecule has 25 heavy (non-hydrogen) atoms. The molecule has 1 amide bonds. The minimum atomic E-state index is -0.268. The van der Waals surface area contributed by atoms with Crippen molar-refractivity contribution in [3.63, 3.8) is 0 Å². The molecule has 1 saturated carbocycles. The van der Waals surface area contributed by atoms with Gasteiger partial charge in [0, 0.05) is 6.04 Å². The van der Waals surface area contributed by atoms with E-state index in [4.69, 9.17) is 17.0 Å². The number of hydrogen-bond acceptors (Lipinski definition) is 3. The molecule has 0 radical (unpaired) electrons. The Morgan fingerprint density at radius 3 is 2.76 bits per heavy atom. The number of rotatable bonds is 4. The summed E-state index contributed by atoms with van der Waals surface area (Å²) in [6, 6.07) is 6.15. The van der Waals surface area contributed by atoms with Gasteiger partial charge < -0.3 is 10.1 Å². The van der Waals surface area contributed by atoms with E-state index >= 15 is 0 Å². The molecule has 0 heterocycles. The van der Waals surface area contributed by atoms with E-state index in [1.165, 1.54) is 12.8 Å². The highest BCUT2D eigenvalue weighted by molar-refractivity contribution is 7.80. The zero-order chi connectivity index (χ0) is 18.4. The summed E-state index contributed by atoms with van der Waals surface area (Å²) >= 11 is 5.28. The van der Waals surface area contributed by atoms with Gasteiger partial charge in [-0.25, -0.2) is 0 Å². The zero-order valence-electron chi connectivity index (χ0n) is 15.5. The summed E-state index contributed by atoms with van der Waals surface area (Å²) in [4.78, 5) is 11.9. The van der Waals surface area contributed by atoms with Crippen LogP contribution in [0.3, 0.4) is 0 Å². The first-order valence-corrected chi connectivity index (χ1v) is 9.33. The Morgan fingerprint density at radius 2 is 2.00 bits per heavy atom. The van der Waals surface area contributed by atoms with Crippen molar-refractivity contribution in [3.8, 4) is 5.75 Å². The van der Waals surface area contributed by atoms with Gasteiger partial charge in [-0.3, -0.25) is 15.6 Å². The third-order valence-electron chi connectivity index (χ3n) is 5.25. The normalized spacial score (nSPS) is 22.8. The molecule has 0 aliphatic heterocycles. The number of thiocarbonyl (C=S) groups is 1. The van der Waals surface area contributed by atoms with Gasteiger partial charge in [-0.1, -0.05) is 38.8 Å². The summed E-state index contributed by atoms with van der Waals surface area (Å²) in [6.45, 7) is 8.46. The van der Waals surface area contributed by atoms with Gasteiger partial charge in [0.25, 0.3) is 5.91 Å². The first-order chi connectivity index (χ1) is 11.9. The van der Waals surface area contributed by atoms with E-state index in [9.17, 15) is 4.79 Å². The molecule has 3 atom stereocenters. The van der Waals surface area contributed by atoms with E-state index in [1.807, 2.05) is 32.0 Å². The van der Waals surface area contributed by atoms with E-state index in [1.54, 1.807) is 0 Å². The second-order valence-corrected chi connectivity index (χ2v) is 7.42. The number of aryl methyl sites for hydroxylation is 1. The number of carbonyl (C=O) groups is 1. The topological polar surface area (TPSA) is 62.4 Å². The van der Waals surface area contributed by atoms with Crippen LogP contribution in [-0.4, -0.2) is 23.7 Å². The van der Waals surface area contributed by atoms with Crippen LogP contribution in [0.2, 0.25) is 0 Å². The lowest BCUT2D eigenvalue weighted by Gasteiger charge is -2.35. The smallest absolute Gasteiger partial charge is 0.276 e. The molecular weight excluding hydrogens is 334 g/mol. The number of hydrazine groups is 1. The van der Waals surface area contributed by atoms with Crippen LogP contribution in [0.15, 0.2) is 18.2 Å². The predicted molar refractivity (Wildman–Crippen MR) is 104 cm³/mol. The Hall–Kier alpha value is -1.82. The van der Waals surface area contributed by atoms with Crippen LogP contribution in [0.5, 0.6) is 5.75 Å². The van der Waals surface area contributed by atoms with Crippen molar-refractivity contribution in [3.05, 3.63) is 29.3 Å². The molecule has 138 valence electrons. The minimum Gasteiger partial charge on any atom is -0.483 e. The van der Waals surface area contributed by atoms with Gasteiger partial charge >= 0.3 is 0 Å². The van der Waals surface area contributed by atoms with Crippen molar-refractivity contribution in [2.45, 2.75) is 53.0 Å². The number of amides is 1. The van der Waals surface area contributed by atoms with Gasteiger partial charge in [0.05, 0.1) is 0 Å². The molecule has 0 spiro atoms. The van der Waals surface area contributed by atoms with Gasteiger partial charge in [-0.05, 0) is 61.5 Å². The molecule has 0 aromatic heterocycles. The SMILES string of the molecule is Cc1cccc(OCC(=O)NNC(=S)N[C@@H]2CCC[C@@H](C)[C@@H]2C)c1C. The number of ether oxygens (including phenoxy) is 1. The zero-order valence-corrected chi connectivity index (χ0v) is 16.3. The predicted octanol–water partition coefficient (Wildman–Crippen LogP) is 3.00. The third-order valence-corrected chi connectivity index (χ3v) is 5.47. The van der Waals surface area contributed by atoms with Crippen LogP contribution in [-0.2, 0) is 4.79 Å². The maximum absolute atomic E-state index is 11.9. The van der Waals surface area contributed by atoms with Crippen LogP contribution < -0.4 is 20.9 Å². The number of carbonyl (C=O) groups excluding carboxylic acids is 1. The average Bonchev–Trinajstić information content (AvgIpc) is 2.58. The Morgan fingerprint density at radius 1 is 1.24 bits per heavy atom. The number of benzene rings is 1. The fourth-order valence-corrected chi connectivity index (χ4v) is 3.38. The first-order valence-electron chi connectivity index (χ1n) is 8.93. The molecule has 2 rings (SSSR count). The molecule has 1 aromatic carbocycles. The van der Waals surface area contributed by atoms with E-state index < -0.39 is 0 Å². The molecule has 3 N–H and O–H groups in total. The van der Waals surface area contributed by atoms with Crippen LogP contribution in [0.1, 0.15) is 44.2 Å². The molecule has 6 heteroatoms. The molecule has 0 bridgehead atoms. The lowest BCUT2D eigenvalue weighted by atomic mass is 9.78. The standard InChI is InChI=1S/C19H29N3O2S/c1-12-7-5-9-16(14(12)3)20-19(25)22-21-18(23)11-24-17-10-6-8-13(2)15(17)4/h6,8,10,12,14,16H,5,7,9,11H2,1-4H3,(H,21,23)(H2,20,22,25)/t12-,14+,16-/m1/s1. The summed E-state index contributed by atoms with van der Waals surface area (Å²) < 4.78 is 5.58. The maximum atomic E-state index is 11.9. The minimum absolute atomic E-state index is 0.0588. The van der Waals surface area contributed by atoms with Crippen molar-refractivity contribution in [2.24, 2.45) is 11.8 Å². The van der Waals surface area contributed by atoms with Gasteiger partial charge in [-0.15, -0.1) is 0 Å². The van der Waals surface area contributed by atoms with Crippen molar-refractivity contribution in [2.75, 3.05) is 6.61 Å². The highest BCUT2D eigenvalue weighted by Gasteiger charge is 2.27. The number of hydrogen-bond donors (Lipinski definition) is 3. The highest BCUT2D eigenvalue weighted by atomic mass is 32.1. The summed E-state index contributed by atoms with van der Waals surface area (Å²) in [5.74, 6) is 1.71. The molecule has 1 aromatic rings. The van der Waals surface area contributed by atoms with Crippen LogP contribution in [0, 0.1) is 25.7 Å². The van der Waals surface area contributed by atoms with Crippen LogP contribution >= 0.6 is 12.2 Å². The summed E-state index contributed by atoms with van der Waals surface area (Å²) in [6.07, 6.45) is 3.59. The fraction of sp³-hybridized carbons (Fsp3) is 0.579. The quantitative estimate of drug-likeness (QED) is 0.567. The van der Waals surface area contributed by atoms with E-state index in [0.717, 1.165) is 23.3 Å². The monoisotopic (exact) mass is 363 g/mol. The molecule has 5 nitrogen and oxygen atoms in total. The molecule has 0 unspecified atom stereocenters. The van der Waals surface area contributed by atoms with Gasteiger partial charge in [-0.2, -0.15) is 0 Å². The van der Waals surface area contributed by atoms with E-state index in [2.05, 4.69) is 30.0 Å². The first kappa shape index (κ1) is 19.5. The summed E-state index contributed by atoms with van der Waals surface area (Å²) in [5.41, 5.74) is 7.53. The Bertz CT molecular complexity index is 621. The second kappa shape index (κ2) is 9.04. The molecule has 0 saturated heterocycles. The molecule has 1 aliphatic rings. The molecule has 1 aliphatic carbocycles. The van der Waals surface area contributed by atoms with Crippen molar-refractivity contribution in [1.82, 2.24) is 16.2 Å². The van der Waals surface area contributed by atoms with E-state index in [-0.39, 0.29) is 12.5 Å². The maximum Gasteiger partial charge on any atom is 0.276 e. The molecular formula is C19H29N3O2S. The average molecular weight is 364 g/mol.